The monoisotopic (exact) mass is 614 g/mol. The number of aryl methyl sites for hydroxylation is 2. The van der Waals surface area contributed by atoms with Gasteiger partial charge < -0.3 is 10.1 Å². The van der Waals surface area contributed by atoms with E-state index in [1.165, 1.54) is 0 Å². The minimum absolute atomic E-state index is 0.258. The minimum Gasteiger partial charge on any atom is -0.454 e. The van der Waals surface area contributed by atoms with E-state index in [-0.39, 0.29) is 23.7 Å². The molecule has 0 spiro atoms. The van der Waals surface area contributed by atoms with Crippen LogP contribution in [0.4, 0.5) is 5.69 Å². The van der Waals surface area contributed by atoms with Crippen LogP contribution in [0.1, 0.15) is 59.1 Å². The van der Waals surface area contributed by atoms with E-state index in [0.29, 0.717) is 5.69 Å². The molecule has 0 saturated carbocycles. The molecule has 3 amide bonds. The summed E-state index contributed by atoms with van der Waals surface area (Å²) in [5.41, 5.74) is 6.79. The van der Waals surface area contributed by atoms with Gasteiger partial charge in [-0.05, 0) is 65.3 Å². The van der Waals surface area contributed by atoms with Crippen LogP contribution in [0.2, 0.25) is 0 Å². The summed E-state index contributed by atoms with van der Waals surface area (Å²) in [4.78, 5) is 55.4. The molecule has 3 atom stereocenters. The van der Waals surface area contributed by atoms with Crippen LogP contribution in [-0.2, 0) is 23.9 Å². The molecule has 7 rings (SSSR count). The SMILES string of the molecule is Cc1cc(NC(=O)COC(=O)[C@H](C(C)C)N2C(=O)[C@@H]3C4c5ccccc5C(c5ccccc54)[C@@H]3C2=O)cc(C)c1Br. The second-order valence-corrected chi connectivity index (χ2v) is 12.4. The first-order chi connectivity index (χ1) is 19.6. The summed E-state index contributed by atoms with van der Waals surface area (Å²) in [7, 11) is 0. The van der Waals surface area contributed by atoms with Crippen LogP contribution in [0.15, 0.2) is 65.1 Å². The van der Waals surface area contributed by atoms with Crippen LogP contribution < -0.4 is 5.32 Å². The van der Waals surface area contributed by atoms with Gasteiger partial charge in [-0.2, -0.15) is 0 Å². The maximum Gasteiger partial charge on any atom is 0.330 e. The lowest BCUT2D eigenvalue weighted by molar-refractivity contribution is -0.162. The van der Waals surface area contributed by atoms with E-state index in [1.807, 2.05) is 74.5 Å². The fourth-order valence-electron chi connectivity index (χ4n) is 7.09. The molecule has 3 aromatic rings. The van der Waals surface area contributed by atoms with Crippen molar-refractivity contribution >= 4 is 45.3 Å². The number of likely N-dealkylation sites (tertiary alicyclic amines) is 1. The van der Waals surface area contributed by atoms with E-state index in [4.69, 9.17) is 4.74 Å². The predicted octanol–water partition coefficient (Wildman–Crippen LogP) is 5.46. The zero-order chi connectivity index (χ0) is 29.2. The molecule has 0 aromatic heterocycles. The highest BCUT2D eigenvalue weighted by molar-refractivity contribution is 9.10. The van der Waals surface area contributed by atoms with Crippen molar-refractivity contribution in [1.82, 2.24) is 4.90 Å². The van der Waals surface area contributed by atoms with Crippen molar-refractivity contribution in [3.8, 4) is 0 Å². The standard InChI is InChI=1S/C33H31BrN2O5/c1-16(2)30(33(40)41-15-24(37)35-19-13-17(3)29(34)18(4)14-19)36-31(38)27-25-20-9-5-6-10-21(20)26(28(27)32(36)39)23-12-8-7-11-22(23)25/h5-14,16,25-28,30H,15H2,1-4H3,(H,35,37)/t25?,26?,27-,28+,30-/m0/s1. The fraction of sp³-hybridized carbons (Fsp3) is 0.333. The zero-order valence-electron chi connectivity index (χ0n) is 23.3. The van der Waals surface area contributed by atoms with E-state index in [0.717, 1.165) is 42.8 Å². The first-order valence-corrected chi connectivity index (χ1v) is 14.7. The second-order valence-electron chi connectivity index (χ2n) is 11.6. The van der Waals surface area contributed by atoms with Gasteiger partial charge in [0.15, 0.2) is 6.61 Å². The van der Waals surface area contributed by atoms with E-state index in [9.17, 15) is 19.2 Å². The van der Waals surface area contributed by atoms with Gasteiger partial charge in [0.2, 0.25) is 11.8 Å². The second kappa shape index (κ2) is 10.2. The number of esters is 1. The Morgan fingerprint density at radius 1 is 0.854 bits per heavy atom. The van der Waals surface area contributed by atoms with Crippen LogP contribution in [0.5, 0.6) is 0 Å². The van der Waals surface area contributed by atoms with Crippen LogP contribution in [0.25, 0.3) is 0 Å². The lowest BCUT2D eigenvalue weighted by Crippen LogP contribution is -2.49. The molecule has 210 valence electrons. The highest BCUT2D eigenvalue weighted by Crippen LogP contribution is 2.61. The Hall–Kier alpha value is -3.78. The lowest BCUT2D eigenvalue weighted by Gasteiger charge is -2.45. The summed E-state index contributed by atoms with van der Waals surface area (Å²) in [5.74, 6) is -4.05. The summed E-state index contributed by atoms with van der Waals surface area (Å²) in [6, 6.07) is 18.5. The van der Waals surface area contributed by atoms with Gasteiger partial charge in [0, 0.05) is 22.0 Å². The normalized spacial score (nSPS) is 22.7. The molecule has 8 heteroatoms. The summed E-state index contributed by atoms with van der Waals surface area (Å²) in [6.07, 6.45) is 0. The smallest absolute Gasteiger partial charge is 0.330 e. The Morgan fingerprint density at radius 3 is 1.71 bits per heavy atom. The Labute approximate surface area is 247 Å². The summed E-state index contributed by atoms with van der Waals surface area (Å²) in [6.45, 7) is 6.87. The van der Waals surface area contributed by atoms with Crippen molar-refractivity contribution in [2.75, 3.05) is 11.9 Å². The van der Waals surface area contributed by atoms with Crippen LogP contribution in [0, 0.1) is 31.6 Å². The Kier molecular flexibility index (Phi) is 6.85. The highest BCUT2D eigenvalue weighted by Gasteiger charge is 2.63. The molecule has 1 saturated heterocycles. The molecule has 1 fully saturated rings. The molecule has 1 aliphatic heterocycles. The average molecular weight is 616 g/mol. The van der Waals surface area contributed by atoms with Crippen LogP contribution in [-0.4, -0.2) is 41.2 Å². The molecule has 7 nitrogen and oxygen atoms in total. The number of ether oxygens (including phenoxy) is 1. The van der Waals surface area contributed by atoms with E-state index in [1.54, 1.807) is 13.8 Å². The van der Waals surface area contributed by atoms with Crippen molar-refractivity contribution in [3.05, 3.63) is 98.5 Å². The van der Waals surface area contributed by atoms with Crippen molar-refractivity contribution in [2.24, 2.45) is 17.8 Å². The van der Waals surface area contributed by atoms with E-state index >= 15 is 0 Å². The molecule has 41 heavy (non-hydrogen) atoms. The summed E-state index contributed by atoms with van der Waals surface area (Å²) >= 11 is 3.51. The molecular weight excluding hydrogens is 584 g/mol. The summed E-state index contributed by atoms with van der Waals surface area (Å²) < 4.78 is 6.39. The quantitative estimate of drug-likeness (QED) is 0.294. The number of benzene rings is 3. The molecular formula is C33H31BrN2O5. The van der Waals surface area contributed by atoms with E-state index in [2.05, 4.69) is 21.2 Å². The van der Waals surface area contributed by atoms with Crippen molar-refractivity contribution < 1.29 is 23.9 Å². The Bertz CT molecular complexity index is 1480. The summed E-state index contributed by atoms with van der Waals surface area (Å²) in [5, 5.41) is 2.76. The van der Waals surface area contributed by atoms with Gasteiger partial charge in [0.05, 0.1) is 11.8 Å². The third-order valence-electron chi connectivity index (χ3n) is 8.70. The van der Waals surface area contributed by atoms with Crippen LogP contribution in [0.3, 0.4) is 0 Å². The number of halogens is 1. The minimum atomic E-state index is -1.13. The number of nitrogens with zero attached hydrogens (tertiary/aromatic N) is 1. The van der Waals surface area contributed by atoms with Gasteiger partial charge in [0.25, 0.3) is 5.91 Å². The number of hydrogen-bond donors (Lipinski definition) is 1. The van der Waals surface area contributed by atoms with Crippen molar-refractivity contribution in [3.63, 3.8) is 0 Å². The lowest BCUT2D eigenvalue weighted by atomic mass is 9.55. The predicted molar refractivity (Wildman–Crippen MR) is 157 cm³/mol. The molecule has 0 radical (unpaired) electrons. The van der Waals surface area contributed by atoms with Gasteiger partial charge in [-0.25, -0.2) is 4.79 Å². The first-order valence-electron chi connectivity index (χ1n) is 13.9. The van der Waals surface area contributed by atoms with E-state index < -0.39 is 42.3 Å². The van der Waals surface area contributed by atoms with Gasteiger partial charge in [-0.1, -0.05) is 78.3 Å². The topological polar surface area (TPSA) is 92.8 Å². The first kappa shape index (κ1) is 27.4. The Morgan fingerprint density at radius 2 is 1.29 bits per heavy atom. The largest absolute Gasteiger partial charge is 0.454 e. The number of carbonyl (C=O) groups is 4. The van der Waals surface area contributed by atoms with Crippen LogP contribution >= 0.6 is 15.9 Å². The number of amides is 3. The molecule has 0 unspecified atom stereocenters. The number of hydrogen-bond acceptors (Lipinski definition) is 5. The average Bonchev–Trinajstić information content (AvgIpc) is 3.20. The fourth-order valence-corrected chi connectivity index (χ4v) is 7.32. The Balaban J connectivity index is 1.25. The van der Waals surface area contributed by atoms with Gasteiger partial charge >= 0.3 is 5.97 Å². The molecule has 1 N–H and O–H groups in total. The highest BCUT2D eigenvalue weighted by atomic mass is 79.9. The maximum atomic E-state index is 14.1. The zero-order valence-corrected chi connectivity index (χ0v) is 24.9. The van der Waals surface area contributed by atoms with Gasteiger partial charge in [-0.15, -0.1) is 0 Å². The molecule has 3 aromatic carbocycles. The third-order valence-corrected chi connectivity index (χ3v) is 9.95. The molecule has 2 bridgehead atoms. The molecule has 4 aliphatic rings. The molecule has 3 aliphatic carbocycles. The van der Waals surface area contributed by atoms with Crippen molar-refractivity contribution in [1.29, 1.82) is 0 Å². The molecule has 1 heterocycles. The van der Waals surface area contributed by atoms with Crippen molar-refractivity contribution in [2.45, 2.75) is 45.6 Å². The number of nitrogens with one attached hydrogen (secondary N) is 1. The number of anilines is 1. The number of rotatable bonds is 6. The number of carbonyl (C=O) groups excluding carboxylic acids is 4. The third kappa shape index (κ3) is 4.31. The van der Waals surface area contributed by atoms with Gasteiger partial charge in [0.1, 0.15) is 6.04 Å². The maximum absolute atomic E-state index is 14.1. The number of imide groups is 1. The van der Waals surface area contributed by atoms with Gasteiger partial charge in [-0.3, -0.25) is 19.3 Å².